The summed E-state index contributed by atoms with van der Waals surface area (Å²) >= 11 is 0. The van der Waals surface area contributed by atoms with Gasteiger partial charge in [-0.1, -0.05) is 18.2 Å². The van der Waals surface area contributed by atoms with E-state index in [1.807, 2.05) is 77.9 Å². The molecule has 1 aromatic rings. The maximum absolute atomic E-state index is 12.1. The molecule has 0 radical (unpaired) electrons. The average molecular weight is 344 g/mol. The molecule has 0 atom stereocenters. The minimum Gasteiger partial charge on any atom is -0.399 e. The van der Waals surface area contributed by atoms with Crippen LogP contribution in [-0.2, 0) is 14.1 Å². The van der Waals surface area contributed by atoms with Gasteiger partial charge in [0, 0.05) is 18.3 Å². The highest BCUT2D eigenvalue weighted by Crippen LogP contribution is 2.36. The fraction of sp³-hybridized carbons (Fsp3) is 0.526. The number of likely N-dealkylation sites (N-methyl/N-ethyl adjacent to an activating group) is 1. The Balaban J connectivity index is 2.15. The van der Waals surface area contributed by atoms with E-state index in [1.165, 1.54) is 0 Å². The molecule has 1 N–H and O–H groups in total. The van der Waals surface area contributed by atoms with E-state index in [4.69, 9.17) is 9.31 Å². The number of anilines is 1. The summed E-state index contributed by atoms with van der Waals surface area (Å²) in [6.07, 6.45) is 3.39. The summed E-state index contributed by atoms with van der Waals surface area (Å²) < 4.78 is 12.3. The van der Waals surface area contributed by atoms with Gasteiger partial charge in [0.05, 0.1) is 11.2 Å². The minimum absolute atomic E-state index is 0.143. The van der Waals surface area contributed by atoms with Crippen molar-refractivity contribution in [2.75, 3.05) is 26.0 Å². The number of rotatable bonds is 5. The van der Waals surface area contributed by atoms with Crippen molar-refractivity contribution in [1.82, 2.24) is 4.90 Å². The third-order valence-corrected chi connectivity index (χ3v) is 4.88. The van der Waals surface area contributed by atoms with Crippen LogP contribution in [0.25, 0.3) is 0 Å². The molecule has 136 valence electrons. The summed E-state index contributed by atoms with van der Waals surface area (Å²) in [6.45, 7) is 10.8. The van der Waals surface area contributed by atoms with E-state index >= 15 is 0 Å². The van der Waals surface area contributed by atoms with Crippen LogP contribution in [0, 0.1) is 6.92 Å². The molecule has 1 amide bonds. The molecule has 1 aliphatic heterocycles. The van der Waals surface area contributed by atoms with Crippen molar-refractivity contribution in [2.45, 2.75) is 45.8 Å². The highest BCUT2D eigenvalue weighted by molar-refractivity contribution is 6.62. The first-order valence-corrected chi connectivity index (χ1v) is 8.61. The van der Waals surface area contributed by atoms with Gasteiger partial charge in [0.25, 0.3) is 0 Å². The Bertz CT molecular complexity index is 653. The number of carbonyl (C=O) groups is 1. The third kappa shape index (κ3) is 4.51. The Hall–Kier alpha value is -1.63. The van der Waals surface area contributed by atoms with E-state index in [-0.39, 0.29) is 5.91 Å². The van der Waals surface area contributed by atoms with Crippen LogP contribution in [-0.4, -0.2) is 49.8 Å². The van der Waals surface area contributed by atoms with Gasteiger partial charge in [-0.3, -0.25) is 4.79 Å². The van der Waals surface area contributed by atoms with Crippen molar-refractivity contribution in [3.63, 3.8) is 0 Å². The standard InChI is InChI=1S/C19H29BN2O3/c1-14-15(20-24-18(2,3)19(4,5)25-20)10-8-11-16(14)21-17(23)12-9-13-22(6)7/h8-12H,13H2,1-7H3,(H,21,23)/b12-9+. The first-order chi connectivity index (χ1) is 11.5. The summed E-state index contributed by atoms with van der Waals surface area (Å²) in [5.74, 6) is -0.143. The van der Waals surface area contributed by atoms with Gasteiger partial charge in [-0.05, 0) is 65.8 Å². The van der Waals surface area contributed by atoms with Crippen LogP contribution in [0.5, 0.6) is 0 Å². The lowest BCUT2D eigenvalue weighted by atomic mass is 9.76. The summed E-state index contributed by atoms with van der Waals surface area (Å²) in [5.41, 5.74) is 1.88. The third-order valence-electron chi connectivity index (χ3n) is 4.88. The Labute approximate surface area is 151 Å². The van der Waals surface area contributed by atoms with E-state index in [9.17, 15) is 4.79 Å². The molecule has 2 rings (SSSR count). The molecule has 0 bridgehead atoms. The van der Waals surface area contributed by atoms with Gasteiger partial charge < -0.3 is 19.5 Å². The van der Waals surface area contributed by atoms with Crippen molar-refractivity contribution in [2.24, 2.45) is 0 Å². The van der Waals surface area contributed by atoms with Crippen LogP contribution in [0.4, 0.5) is 5.69 Å². The number of hydrogen-bond donors (Lipinski definition) is 1. The Morgan fingerprint density at radius 3 is 2.36 bits per heavy atom. The molecule has 25 heavy (non-hydrogen) atoms. The smallest absolute Gasteiger partial charge is 0.399 e. The number of nitrogens with one attached hydrogen (secondary N) is 1. The van der Waals surface area contributed by atoms with Crippen molar-refractivity contribution in [3.8, 4) is 0 Å². The lowest BCUT2D eigenvalue weighted by Gasteiger charge is -2.32. The monoisotopic (exact) mass is 344 g/mol. The second-order valence-corrected chi connectivity index (χ2v) is 7.76. The zero-order valence-electron chi connectivity index (χ0n) is 16.3. The van der Waals surface area contributed by atoms with E-state index in [0.717, 1.165) is 23.3 Å². The van der Waals surface area contributed by atoms with Gasteiger partial charge in [0.1, 0.15) is 0 Å². The quantitative estimate of drug-likeness (QED) is 0.658. The van der Waals surface area contributed by atoms with E-state index in [2.05, 4.69) is 5.32 Å². The summed E-state index contributed by atoms with van der Waals surface area (Å²) in [5, 5.41) is 2.93. The zero-order chi connectivity index (χ0) is 18.8. The molecule has 0 unspecified atom stereocenters. The topological polar surface area (TPSA) is 50.8 Å². The van der Waals surface area contributed by atoms with Crippen LogP contribution in [0.1, 0.15) is 33.3 Å². The van der Waals surface area contributed by atoms with Gasteiger partial charge in [-0.2, -0.15) is 0 Å². The number of benzene rings is 1. The molecule has 0 aromatic heterocycles. The maximum Gasteiger partial charge on any atom is 0.495 e. The first-order valence-electron chi connectivity index (χ1n) is 8.61. The molecule has 0 saturated carbocycles. The summed E-state index contributed by atoms with van der Waals surface area (Å²) in [6, 6.07) is 5.78. The predicted molar refractivity (Wildman–Crippen MR) is 103 cm³/mol. The molecule has 1 aliphatic rings. The second-order valence-electron chi connectivity index (χ2n) is 7.76. The SMILES string of the molecule is Cc1c(NC(=O)/C=C/CN(C)C)cccc1B1OC(C)(C)C(C)(C)O1. The van der Waals surface area contributed by atoms with Crippen LogP contribution in [0.3, 0.4) is 0 Å². The van der Waals surface area contributed by atoms with Gasteiger partial charge in [-0.25, -0.2) is 0 Å². The molecule has 6 heteroatoms. The lowest BCUT2D eigenvalue weighted by molar-refractivity contribution is -0.111. The highest BCUT2D eigenvalue weighted by Gasteiger charge is 2.52. The minimum atomic E-state index is -0.439. The molecule has 1 aromatic carbocycles. The largest absolute Gasteiger partial charge is 0.495 e. The lowest BCUT2D eigenvalue weighted by Crippen LogP contribution is -2.41. The van der Waals surface area contributed by atoms with E-state index in [0.29, 0.717) is 0 Å². The van der Waals surface area contributed by atoms with Crippen molar-refractivity contribution < 1.29 is 14.1 Å². The van der Waals surface area contributed by atoms with Crippen LogP contribution in [0.2, 0.25) is 0 Å². The van der Waals surface area contributed by atoms with Crippen LogP contribution < -0.4 is 10.8 Å². The number of hydrogen-bond acceptors (Lipinski definition) is 4. The normalized spacial score (nSPS) is 19.0. The number of amides is 1. The van der Waals surface area contributed by atoms with E-state index in [1.54, 1.807) is 6.08 Å². The van der Waals surface area contributed by atoms with Crippen molar-refractivity contribution in [1.29, 1.82) is 0 Å². The predicted octanol–water partition coefficient (Wildman–Crippen LogP) is 2.35. The highest BCUT2D eigenvalue weighted by atomic mass is 16.7. The summed E-state index contributed by atoms with van der Waals surface area (Å²) in [4.78, 5) is 14.1. The molecule has 0 spiro atoms. The molecule has 0 aliphatic carbocycles. The fourth-order valence-corrected chi connectivity index (χ4v) is 2.56. The first kappa shape index (κ1) is 19.7. The molecule has 1 saturated heterocycles. The van der Waals surface area contributed by atoms with E-state index < -0.39 is 18.3 Å². The maximum atomic E-state index is 12.1. The van der Waals surface area contributed by atoms with Gasteiger partial charge >= 0.3 is 7.12 Å². The zero-order valence-corrected chi connectivity index (χ0v) is 16.3. The van der Waals surface area contributed by atoms with Gasteiger partial charge in [0.15, 0.2) is 0 Å². The number of nitrogens with zero attached hydrogens (tertiary/aromatic N) is 1. The van der Waals surface area contributed by atoms with Crippen LogP contribution in [0.15, 0.2) is 30.4 Å². The molecule has 5 nitrogen and oxygen atoms in total. The number of carbonyl (C=O) groups excluding carboxylic acids is 1. The molecular weight excluding hydrogens is 315 g/mol. The molecule has 1 heterocycles. The summed E-state index contributed by atoms with van der Waals surface area (Å²) in [7, 11) is 3.48. The van der Waals surface area contributed by atoms with Gasteiger partial charge in [-0.15, -0.1) is 0 Å². The van der Waals surface area contributed by atoms with Crippen LogP contribution >= 0.6 is 0 Å². The van der Waals surface area contributed by atoms with Crippen molar-refractivity contribution >= 4 is 24.2 Å². The fourth-order valence-electron chi connectivity index (χ4n) is 2.56. The Morgan fingerprint density at radius 2 is 1.80 bits per heavy atom. The molecular formula is C19H29BN2O3. The van der Waals surface area contributed by atoms with Gasteiger partial charge in [0.2, 0.25) is 5.91 Å². The Morgan fingerprint density at radius 1 is 1.20 bits per heavy atom. The second kappa shape index (κ2) is 7.32. The molecule has 1 fully saturated rings. The van der Waals surface area contributed by atoms with Crippen molar-refractivity contribution in [3.05, 3.63) is 35.9 Å². The average Bonchev–Trinajstić information content (AvgIpc) is 2.69. The Kier molecular flexibility index (Phi) is 5.77.